The van der Waals surface area contributed by atoms with Gasteiger partial charge in [0.1, 0.15) is 5.82 Å². The van der Waals surface area contributed by atoms with Gasteiger partial charge in [-0.1, -0.05) is 6.07 Å². The highest BCUT2D eigenvalue weighted by Gasteiger charge is 2.18. The van der Waals surface area contributed by atoms with Gasteiger partial charge in [-0.05, 0) is 49.0 Å². The summed E-state index contributed by atoms with van der Waals surface area (Å²) in [6.45, 7) is 4.21. The van der Waals surface area contributed by atoms with Crippen molar-refractivity contribution in [2.24, 2.45) is 0 Å². The third kappa shape index (κ3) is 2.51. The molecule has 0 aliphatic carbocycles. The van der Waals surface area contributed by atoms with E-state index in [0.29, 0.717) is 6.04 Å². The molecule has 0 aromatic carbocycles. The first-order valence-electron chi connectivity index (χ1n) is 6.71. The molecule has 3 heterocycles. The van der Waals surface area contributed by atoms with Crippen LogP contribution in [0, 0.1) is 0 Å². The highest BCUT2D eigenvalue weighted by Crippen LogP contribution is 2.27. The van der Waals surface area contributed by atoms with E-state index in [0.717, 1.165) is 25.3 Å². The van der Waals surface area contributed by atoms with Gasteiger partial charge in [0.25, 0.3) is 0 Å². The second-order valence-corrected chi connectivity index (χ2v) is 6.00. The number of pyridine rings is 1. The molecule has 3 rings (SSSR count). The summed E-state index contributed by atoms with van der Waals surface area (Å²) in [6, 6.07) is 6.91. The Labute approximate surface area is 118 Å². The Kier molecular flexibility index (Phi) is 3.53. The monoisotopic (exact) mass is 273 g/mol. The molecule has 1 N–H and O–H groups in total. The number of thiophene rings is 1. The van der Waals surface area contributed by atoms with Crippen LogP contribution in [0.25, 0.3) is 0 Å². The van der Waals surface area contributed by atoms with E-state index in [4.69, 9.17) is 0 Å². The van der Waals surface area contributed by atoms with Crippen LogP contribution in [0.4, 0.5) is 5.82 Å². The Morgan fingerprint density at radius 2 is 2.26 bits per heavy atom. The van der Waals surface area contributed by atoms with Crippen LogP contribution < -0.4 is 10.2 Å². The molecule has 0 fully saturated rings. The van der Waals surface area contributed by atoms with Crippen LogP contribution in [0.3, 0.4) is 0 Å². The van der Waals surface area contributed by atoms with Crippen molar-refractivity contribution in [3.8, 4) is 0 Å². The van der Waals surface area contributed by atoms with Gasteiger partial charge in [0, 0.05) is 30.2 Å². The van der Waals surface area contributed by atoms with Crippen molar-refractivity contribution in [3.63, 3.8) is 0 Å². The molecule has 0 saturated heterocycles. The Hall–Kier alpha value is -1.39. The number of anilines is 1. The largest absolute Gasteiger partial charge is 0.352 e. The van der Waals surface area contributed by atoms with Gasteiger partial charge in [0.05, 0.1) is 0 Å². The Balaban J connectivity index is 1.77. The maximum Gasteiger partial charge on any atom is 0.128 e. The lowest BCUT2D eigenvalue weighted by atomic mass is 10.1. The van der Waals surface area contributed by atoms with Gasteiger partial charge in [0.2, 0.25) is 0 Å². The van der Waals surface area contributed by atoms with E-state index in [1.807, 2.05) is 24.6 Å². The highest BCUT2D eigenvalue weighted by atomic mass is 32.1. The fourth-order valence-electron chi connectivity index (χ4n) is 2.45. The van der Waals surface area contributed by atoms with Gasteiger partial charge >= 0.3 is 0 Å². The van der Waals surface area contributed by atoms with Gasteiger partial charge in [0.15, 0.2) is 0 Å². The minimum absolute atomic E-state index is 0.353. The van der Waals surface area contributed by atoms with Gasteiger partial charge < -0.3 is 10.2 Å². The summed E-state index contributed by atoms with van der Waals surface area (Å²) in [4.78, 5) is 8.52. The smallest absolute Gasteiger partial charge is 0.128 e. The molecule has 4 heteroatoms. The summed E-state index contributed by atoms with van der Waals surface area (Å²) < 4.78 is 0. The third-order valence-electron chi connectivity index (χ3n) is 3.84. The van der Waals surface area contributed by atoms with Crippen LogP contribution in [0.1, 0.15) is 29.0 Å². The first-order chi connectivity index (χ1) is 9.28. The number of hydrogen-bond acceptors (Lipinski definition) is 4. The first kappa shape index (κ1) is 12.6. The summed E-state index contributed by atoms with van der Waals surface area (Å²) in [6.07, 6.45) is 3.13. The standard InChI is InChI=1S/C15H19N3S/c1-11(16-2)12-3-4-15(17-9-12)18-7-5-14-13(10-18)6-8-19-14/h3-4,6,8-9,11,16H,5,7,10H2,1-2H3. The molecule has 1 aliphatic rings. The quantitative estimate of drug-likeness (QED) is 0.932. The van der Waals surface area contributed by atoms with Crippen molar-refractivity contribution < 1.29 is 0 Å². The molecule has 0 amide bonds. The fraction of sp³-hybridized carbons (Fsp3) is 0.400. The van der Waals surface area contributed by atoms with Crippen LogP contribution in [0.2, 0.25) is 0 Å². The molecule has 0 saturated carbocycles. The van der Waals surface area contributed by atoms with Gasteiger partial charge in [-0.3, -0.25) is 0 Å². The van der Waals surface area contributed by atoms with Crippen LogP contribution in [0.5, 0.6) is 0 Å². The molecular weight excluding hydrogens is 254 g/mol. The summed E-state index contributed by atoms with van der Waals surface area (Å²) in [5, 5.41) is 5.43. The first-order valence-corrected chi connectivity index (χ1v) is 7.59. The lowest BCUT2D eigenvalue weighted by molar-refractivity contribution is 0.648. The zero-order chi connectivity index (χ0) is 13.2. The van der Waals surface area contributed by atoms with Crippen molar-refractivity contribution in [2.45, 2.75) is 25.9 Å². The predicted molar refractivity (Wildman–Crippen MR) is 80.8 cm³/mol. The summed E-state index contributed by atoms with van der Waals surface area (Å²) in [5.74, 6) is 1.09. The minimum atomic E-state index is 0.353. The Bertz CT molecular complexity index is 547. The maximum atomic E-state index is 4.62. The van der Waals surface area contributed by atoms with E-state index in [1.165, 1.54) is 16.0 Å². The number of rotatable bonds is 3. The van der Waals surface area contributed by atoms with Crippen LogP contribution >= 0.6 is 11.3 Å². The summed E-state index contributed by atoms with van der Waals surface area (Å²) in [5.41, 5.74) is 2.70. The van der Waals surface area contributed by atoms with Crippen molar-refractivity contribution in [2.75, 3.05) is 18.5 Å². The SMILES string of the molecule is CNC(C)c1ccc(N2CCc3sccc3C2)nc1. The van der Waals surface area contributed by atoms with Gasteiger partial charge in [-0.25, -0.2) is 4.98 Å². The summed E-state index contributed by atoms with van der Waals surface area (Å²) >= 11 is 1.88. The normalized spacial score (nSPS) is 16.2. The van der Waals surface area contributed by atoms with E-state index < -0.39 is 0 Å². The van der Waals surface area contributed by atoms with E-state index in [2.05, 4.69) is 45.7 Å². The van der Waals surface area contributed by atoms with Crippen molar-refractivity contribution in [3.05, 3.63) is 45.8 Å². The highest BCUT2D eigenvalue weighted by molar-refractivity contribution is 7.10. The fourth-order valence-corrected chi connectivity index (χ4v) is 3.34. The average Bonchev–Trinajstić information content (AvgIpc) is 2.94. The van der Waals surface area contributed by atoms with Crippen LogP contribution in [0.15, 0.2) is 29.8 Å². The molecular formula is C15H19N3S. The lowest BCUT2D eigenvalue weighted by Gasteiger charge is -2.28. The molecule has 0 spiro atoms. The lowest BCUT2D eigenvalue weighted by Crippen LogP contribution is -2.30. The number of hydrogen-bond donors (Lipinski definition) is 1. The Morgan fingerprint density at radius 3 is 3.00 bits per heavy atom. The minimum Gasteiger partial charge on any atom is -0.352 e. The molecule has 2 aromatic rings. The van der Waals surface area contributed by atoms with E-state index >= 15 is 0 Å². The Morgan fingerprint density at radius 1 is 1.37 bits per heavy atom. The second kappa shape index (κ2) is 5.31. The van der Waals surface area contributed by atoms with E-state index in [9.17, 15) is 0 Å². The summed E-state index contributed by atoms with van der Waals surface area (Å²) in [7, 11) is 1.97. The molecule has 3 nitrogen and oxygen atoms in total. The topological polar surface area (TPSA) is 28.2 Å². The van der Waals surface area contributed by atoms with Crippen molar-refractivity contribution in [1.82, 2.24) is 10.3 Å². The molecule has 2 aromatic heterocycles. The molecule has 1 aliphatic heterocycles. The third-order valence-corrected chi connectivity index (χ3v) is 4.86. The van der Waals surface area contributed by atoms with E-state index in [1.54, 1.807) is 0 Å². The molecule has 0 bridgehead atoms. The van der Waals surface area contributed by atoms with Gasteiger partial charge in [-0.15, -0.1) is 11.3 Å². The average molecular weight is 273 g/mol. The molecule has 0 radical (unpaired) electrons. The molecule has 1 unspecified atom stereocenters. The molecule has 1 atom stereocenters. The van der Waals surface area contributed by atoms with E-state index in [-0.39, 0.29) is 0 Å². The van der Waals surface area contributed by atoms with Crippen molar-refractivity contribution >= 4 is 17.2 Å². The zero-order valence-electron chi connectivity index (χ0n) is 11.4. The van der Waals surface area contributed by atoms with Crippen LogP contribution in [-0.4, -0.2) is 18.6 Å². The number of aromatic nitrogens is 1. The number of fused-ring (bicyclic) bond motifs is 1. The molecule has 100 valence electrons. The second-order valence-electron chi connectivity index (χ2n) is 5.00. The predicted octanol–water partition coefficient (Wildman–Crippen LogP) is 2.99. The number of nitrogens with one attached hydrogen (secondary N) is 1. The molecule has 19 heavy (non-hydrogen) atoms. The van der Waals surface area contributed by atoms with Crippen LogP contribution in [-0.2, 0) is 13.0 Å². The van der Waals surface area contributed by atoms with Crippen molar-refractivity contribution in [1.29, 1.82) is 0 Å². The number of nitrogens with zero attached hydrogens (tertiary/aromatic N) is 2. The zero-order valence-corrected chi connectivity index (χ0v) is 12.2. The van der Waals surface area contributed by atoms with Gasteiger partial charge in [-0.2, -0.15) is 0 Å². The maximum absolute atomic E-state index is 4.62.